The highest BCUT2D eigenvalue weighted by molar-refractivity contribution is 6.04. The Hall–Kier alpha value is -3.25. The summed E-state index contributed by atoms with van der Waals surface area (Å²) in [6.45, 7) is 2.79. The fourth-order valence-electron chi connectivity index (χ4n) is 3.87. The Labute approximate surface area is 176 Å². The standard InChI is InChI=1S/C24H26N4O2/c25-23(29)19-12-15-28(16-13-19)14-11-17-5-8-20(9-6-17)26-24(30)22-10-7-18-3-1-2-4-21(18)27-22/h1-10,19H,11-16H2,(H2,25,29)(H,26,30). The van der Waals surface area contributed by atoms with Crippen LogP contribution in [0.2, 0.25) is 0 Å². The first-order valence-corrected chi connectivity index (χ1v) is 10.4. The van der Waals surface area contributed by atoms with Gasteiger partial charge >= 0.3 is 0 Å². The fourth-order valence-corrected chi connectivity index (χ4v) is 3.87. The number of para-hydroxylation sites is 1. The Morgan fingerprint density at radius 3 is 2.47 bits per heavy atom. The average molecular weight is 402 g/mol. The molecule has 3 N–H and O–H groups in total. The van der Waals surface area contributed by atoms with Crippen LogP contribution in [0.3, 0.4) is 0 Å². The van der Waals surface area contributed by atoms with E-state index in [0.717, 1.165) is 55.5 Å². The van der Waals surface area contributed by atoms with Gasteiger partial charge in [0.25, 0.3) is 5.91 Å². The van der Waals surface area contributed by atoms with Gasteiger partial charge in [-0.05, 0) is 62.2 Å². The van der Waals surface area contributed by atoms with Crippen molar-refractivity contribution >= 4 is 28.4 Å². The van der Waals surface area contributed by atoms with Gasteiger partial charge in [0.15, 0.2) is 0 Å². The molecule has 2 aromatic carbocycles. The molecule has 0 saturated carbocycles. The summed E-state index contributed by atoms with van der Waals surface area (Å²) in [7, 11) is 0. The van der Waals surface area contributed by atoms with Crippen LogP contribution in [0.15, 0.2) is 60.7 Å². The van der Waals surface area contributed by atoms with Crippen LogP contribution < -0.4 is 11.1 Å². The third kappa shape index (κ3) is 4.83. The first-order valence-electron chi connectivity index (χ1n) is 10.4. The van der Waals surface area contributed by atoms with Crippen LogP contribution in [0.5, 0.6) is 0 Å². The highest BCUT2D eigenvalue weighted by Crippen LogP contribution is 2.18. The van der Waals surface area contributed by atoms with Gasteiger partial charge in [-0.1, -0.05) is 36.4 Å². The number of benzene rings is 2. The second-order valence-corrected chi connectivity index (χ2v) is 7.81. The van der Waals surface area contributed by atoms with Crippen molar-refractivity contribution in [3.8, 4) is 0 Å². The molecule has 6 heteroatoms. The largest absolute Gasteiger partial charge is 0.369 e. The van der Waals surface area contributed by atoms with Gasteiger partial charge in [0, 0.05) is 23.5 Å². The molecule has 2 heterocycles. The monoisotopic (exact) mass is 402 g/mol. The number of pyridine rings is 1. The van der Waals surface area contributed by atoms with E-state index in [-0.39, 0.29) is 17.7 Å². The van der Waals surface area contributed by atoms with Crippen LogP contribution in [0.1, 0.15) is 28.9 Å². The van der Waals surface area contributed by atoms with Gasteiger partial charge in [0.05, 0.1) is 5.52 Å². The quantitative estimate of drug-likeness (QED) is 0.663. The molecule has 6 nitrogen and oxygen atoms in total. The molecule has 1 saturated heterocycles. The summed E-state index contributed by atoms with van der Waals surface area (Å²) in [5, 5.41) is 3.93. The topological polar surface area (TPSA) is 88.3 Å². The number of carbonyl (C=O) groups excluding carboxylic acids is 2. The number of hydrogen-bond donors (Lipinski definition) is 2. The maximum absolute atomic E-state index is 12.5. The third-order valence-electron chi connectivity index (χ3n) is 5.75. The molecule has 30 heavy (non-hydrogen) atoms. The summed E-state index contributed by atoms with van der Waals surface area (Å²) in [4.78, 5) is 30.6. The first kappa shape index (κ1) is 20.0. The Balaban J connectivity index is 1.30. The summed E-state index contributed by atoms with van der Waals surface area (Å²) in [6.07, 6.45) is 2.63. The lowest BCUT2D eigenvalue weighted by Crippen LogP contribution is -2.39. The van der Waals surface area contributed by atoms with Gasteiger partial charge in [-0.25, -0.2) is 4.98 Å². The molecular weight excluding hydrogens is 376 g/mol. The van der Waals surface area contributed by atoms with Crippen molar-refractivity contribution in [2.24, 2.45) is 11.7 Å². The molecule has 0 aliphatic carbocycles. The number of nitrogens with two attached hydrogens (primary N) is 1. The van der Waals surface area contributed by atoms with Crippen LogP contribution in [0, 0.1) is 5.92 Å². The average Bonchev–Trinajstić information content (AvgIpc) is 2.78. The minimum atomic E-state index is -0.217. The van der Waals surface area contributed by atoms with Crippen LogP contribution in [-0.4, -0.2) is 41.3 Å². The predicted octanol–water partition coefficient (Wildman–Crippen LogP) is 3.23. The van der Waals surface area contributed by atoms with Crippen molar-refractivity contribution in [1.29, 1.82) is 0 Å². The van der Waals surface area contributed by atoms with Crippen molar-refractivity contribution < 1.29 is 9.59 Å². The molecule has 0 spiro atoms. The number of anilines is 1. The third-order valence-corrected chi connectivity index (χ3v) is 5.75. The minimum Gasteiger partial charge on any atom is -0.369 e. The summed E-state index contributed by atoms with van der Waals surface area (Å²) in [5.74, 6) is -0.363. The van der Waals surface area contributed by atoms with E-state index in [0.29, 0.717) is 5.69 Å². The van der Waals surface area contributed by atoms with Crippen molar-refractivity contribution in [2.45, 2.75) is 19.3 Å². The lowest BCUT2D eigenvalue weighted by atomic mass is 9.96. The first-order chi connectivity index (χ1) is 14.6. The molecule has 0 atom stereocenters. The van der Waals surface area contributed by atoms with Gasteiger partial charge in [-0.2, -0.15) is 0 Å². The number of amides is 2. The molecule has 1 fully saturated rings. The highest BCUT2D eigenvalue weighted by atomic mass is 16.2. The number of aromatic nitrogens is 1. The van der Waals surface area contributed by atoms with E-state index in [1.54, 1.807) is 6.07 Å². The molecule has 1 aromatic heterocycles. The predicted molar refractivity (Wildman–Crippen MR) is 118 cm³/mol. The number of hydrogen-bond acceptors (Lipinski definition) is 4. The van der Waals surface area contributed by atoms with Crippen LogP contribution >= 0.6 is 0 Å². The van der Waals surface area contributed by atoms with E-state index in [1.807, 2.05) is 54.6 Å². The molecule has 1 aliphatic rings. The van der Waals surface area contributed by atoms with Crippen molar-refractivity contribution in [3.63, 3.8) is 0 Å². The summed E-state index contributed by atoms with van der Waals surface area (Å²) < 4.78 is 0. The van der Waals surface area contributed by atoms with Gasteiger partial charge in [-0.3, -0.25) is 9.59 Å². The number of rotatable bonds is 6. The molecule has 0 bridgehead atoms. The molecule has 1 aliphatic heterocycles. The number of piperidine rings is 1. The van der Waals surface area contributed by atoms with Crippen LogP contribution in [0.25, 0.3) is 10.9 Å². The van der Waals surface area contributed by atoms with Crippen molar-refractivity contribution in [1.82, 2.24) is 9.88 Å². The number of fused-ring (bicyclic) bond motifs is 1. The van der Waals surface area contributed by atoms with E-state index in [1.165, 1.54) is 5.56 Å². The lowest BCUT2D eigenvalue weighted by Gasteiger charge is -2.30. The van der Waals surface area contributed by atoms with Gasteiger partial charge in [0.1, 0.15) is 5.69 Å². The second-order valence-electron chi connectivity index (χ2n) is 7.81. The zero-order valence-electron chi connectivity index (χ0n) is 16.9. The maximum Gasteiger partial charge on any atom is 0.274 e. The summed E-state index contributed by atoms with van der Waals surface area (Å²) in [5.41, 5.74) is 8.57. The van der Waals surface area contributed by atoms with Gasteiger partial charge in [-0.15, -0.1) is 0 Å². The smallest absolute Gasteiger partial charge is 0.274 e. The molecule has 0 radical (unpaired) electrons. The number of nitrogens with zero attached hydrogens (tertiary/aromatic N) is 2. The molecule has 0 unspecified atom stereocenters. The van der Waals surface area contributed by atoms with Gasteiger partial charge < -0.3 is 16.0 Å². The maximum atomic E-state index is 12.5. The number of nitrogens with one attached hydrogen (secondary N) is 1. The Bertz CT molecular complexity index is 1040. The highest BCUT2D eigenvalue weighted by Gasteiger charge is 2.22. The van der Waals surface area contributed by atoms with E-state index in [2.05, 4.69) is 15.2 Å². The number of likely N-dealkylation sites (tertiary alicyclic amines) is 1. The van der Waals surface area contributed by atoms with E-state index in [4.69, 9.17) is 5.73 Å². The van der Waals surface area contributed by atoms with Gasteiger partial charge in [0.2, 0.25) is 5.91 Å². The normalized spacial score (nSPS) is 15.2. The van der Waals surface area contributed by atoms with E-state index < -0.39 is 0 Å². The van der Waals surface area contributed by atoms with Crippen molar-refractivity contribution in [3.05, 3.63) is 71.9 Å². The zero-order chi connectivity index (χ0) is 20.9. The van der Waals surface area contributed by atoms with Crippen molar-refractivity contribution in [2.75, 3.05) is 25.0 Å². The second kappa shape index (κ2) is 9.05. The molecule has 4 rings (SSSR count). The molecule has 154 valence electrons. The molecule has 3 aromatic rings. The zero-order valence-corrected chi connectivity index (χ0v) is 16.9. The van der Waals surface area contributed by atoms with E-state index in [9.17, 15) is 9.59 Å². The molecular formula is C24H26N4O2. The van der Waals surface area contributed by atoms with E-state index >= 15 is 0 Å². The Morgan fingerprint density at radius 1 is 1.00 bits per heavy atom. The summed E-state index contributed by atoms with van der Waals surface area (Å²) in [6, 6.07) is 19.3. The molecule has 2 amide bonds. The van der Waals surface area contributed by atoms with Crippen LogP contribution in [0.4, 0.5) is 5.69 Å². The number of primary amides is 1. The lowest BCUT2D eigenvalue weighted by molar-refractivity contribution is -0.123. The Kier molecular flexibility index (Phi) is 6.05. The minimum absolute atomic E-state index is 0.0289. The summed E-state index contributed by atoms with van der Waals surface area (Å²) >= 11 is 0. The Morgan fingerprint density at radius 2 is 1.73 bits per heavy atom. The fraction of sp³-hybridized carbons (Fsp3) is 0.292. The van der Waals surface area contributed by atoms with Crippen LogP contribution in [-0.2, 0) is 11.2 Å². The number of carbonyl (C=O) groups is 2. The SMILES string of the molecule is NC(=O)C1CCN(CCc2ccc(NC(=O)c3ccc4ccccc4n3)cc2)CC1.